The molecule has 0 fully saturated rings. The Morgan fingerprint density at radius 1 is 1.23 bits per heavy atom. The summed E-state index contributed by atoms with van der Waals surface area (Å²) in [6.07, 6.45) is -1.57. The Bertz CT molecular complexity index is 238. The van der Waals surface area contributed by atoms with Gasteiger partial charge in [0, 0.05) is 6.54 Å². The van der Waals surface area contributed by atoms with Crippen LogP contribution in [0.15, 0.2) is 30.3 Å². The Hall–Kier alpha value is -0.900. The van der Waals surface area contributed by atoms with Crippen LogP contribution in [0.4, 0.5) is 0 Å². The van der Waals surface area contributed by atoms with Gasteiger partial charge in [0.15, 0.2) is 0 Å². The van der Waals surface area contributed by atoms with Gasteiger partial charge in [-0.05, 0) is 12.6 Å². The average Bonchev–Trinajstić information content (AvgIpc) is 2.18. The summed E-state index contributed by atoms with van der Waals surface area (Å²) in [6.45, 7) is 0.385. The molecule has 0 aliphatic heterocycles. The standard InChI is InChI=1S/C10H15NO2/c1-11-7-9(12)10(13)8-5-3-2-4-6-8/h2-6,9-13H,7H2,1H3. The Balaban J connectivity index is 2.62. The van der Waals surface area contributed by atoms with Gasteiger partial charge in [-0.15, -0.1) is 0 Å². The number of hydrogen-bond donors (Lipinski definition) is 3. The molecule has 72 valence electrons. The third-order valence-corrected chi connectivity index (χ3v) is 1.92. The second-order valence-electron chi connectivity index (χ2n) is 2.98. The molecule has 0 aromatic heterocycles. The molecule has 0 saturated heterocycles. The molecule has 1 rings (SSSR count). The molecule has 0 heterocycles. The predicted octanol–water partition coefficient (Wildman–Crippen LogP) is 0.300. The summed E-state index contributed by atoms with van der Waals surface area (Å²) in [5.74, 6) is 0. The van der Waals surface area contributed by atoms with Crippen molar-refractivity contribution in [1.82, 2.24) is 5.32 Å². The lowest BCUT2D eigenvalue weighted by Gasteiger charge is -2.17. The summed E-state index contributed by atoms with van der Waals surface area (Å²) in [7, 11) is 1.74. The van der Waals surface area contributed by atoms with Gasteiger partial charge in [0.1, 0.15) is 6.10 Å². The van der Waals surface area contributed by atoms with E-state index in [2.05, 4.69) is 5.32 Å². The van der Waals surface area contributed by atoms with Crippen LogP contribution in [0.25, 0.3) is 0 Å². The number of hydrogen-bond acceptors (Lipinski definition) is 3. The molecular formula is C10H15NO2. The number of rotatable bonds is 4. The summed E-state index contributed by atoms with van der Waals surface area (Å²) in [5.41, 5.74) is 0.741. The van der Waals surface area contributed by atoms with E-state index in [-0.39, 0.29) is 0 Å². The van der Waals surface area contributed by atoms with E-state index in [1.807, 2.05) is 18.2 Å². The molecule has 3 nitrogen and oxygen atoms in total. The zero-order valence-electron chi connectivity index (χ0n) is 7.64. The van der Waals surface area contributed by atoms with Crippen molar-refractivity contribution < 1.29 is 10.2 Å². The summed E-state index contributed by atoms with van der Waals surface area (Å²) in [6, 6.07) is 9.14. The Kier molecular flexibility index (Phi) is 3.89. The van der Waals surface area contributed by atoms with Crippen molar-refractivity contribution in [3.05, 3.63) is 35.9 Å². The minimum absolute atomic E-state index is 0.385. The van der Waals surface area contributed by atoms with E-state index < -0.39 is 12.2 Å². The molecule has 0 radical (unpaired) electrons. The smallest absolute Gasteiger partial charge is 0.106 e. The first kappa shape index (κ1) is 10.2. The summed E-state index contributed by atoms with van der Waals surface area (Å²) in [5, 5.41) is 21.9. The van der Waals surface area contributed by atoms with E-state index in [4.69, 9.17) is 0 Å². The maximum absolute atomic E-state index is 9.63. The second kappa shape index (κ2) is 4.97. The SMILES string of the molecule is CNCC(O)C(O)c1ccccc1. The third-order valence-electron chi connectivity index (χ3n) is 1.92. The van der Waals surface area contributed by atoms with Crippen molar-refractivity contribution in [2.45, 2.75) is 12.2 Å². The highest BCUT2D eigenvalue weighted by Crippen LogP contribution is 2.15. The fourth-order valence-corrected chi connectivity index (χ4v) is 1.19. The fraction of sp³-hybridized carbons (Fsp3) is 0.400. The van der Waals surface area contributed by atoms with Crippen LogP contribution < -0.4 is 5.32 Å². The van der Waals surface area contributed by atoms with Crippen LogP contribution in [0, 0.1) is 0 Å². The molecule has 0 saturated carbocycles. The highest BCUT2D eigenvalue weighted by molar-refractivity contribution is 5.18. The van der Waals surface area contributed by atoms with Crippen LogP contribution in [0.3, 0.4) is 0 Å². The highest BCUT2D eigenvalue weighted by Gasteiger charge is 2.16. The van der Waals surface area contributed by atoms with E-state index in [0.29, 0.717) is 6.54 Å². The molecule has 0 amide bonds. The van der Waals surface area contributed by atoms with Gasteiger partial charge in [-0.2, -0.15) is 0 Å². The van der Waals surface area contributed by atoms with Gasteiger partial charge in [0.25, 0.3) is 0 Å². The minimum Gasteiger partial charge on any atom is -0.389 e. The topological polar surface area (TPSA) is 52.5 Å². The highest BCUT2D eigenvalue weighted by atomic mass is 16.3. The van der Waals surface area contributed by atoms with E-state index in [1.54, 1.807) is 19.2 Å². The van der Waals surface area contributed by atoms with Gasteiger partial charge in [-0.3, -0.25) is 0 Å². The number of aliphatic hydroxyl groups excluding tert-OH is 2. The largest absolute Gasteiger partial charge is 0.389 e. The van der Waals surface area contributed by atoms with Gasteiger partial charge in [0.2, 0.25) is 0 Å². The molecule has 0 aliphatic rings. The normalized spacial score (nSPS) is 15.3. The first-order chi connectivity index (χ1) is 6.25. The number of nitrogens with one attached hydrogen (secondary N) is 1. The van der Waals surface area contributed by atoms with Crippen LogP contribution in [0.5, 0.6) is 0 Å². The Morgan fingerprint density at radius 3 is 2.38 bits per heavy atom. The van der Waals surface area contributed by atoms with Gasteiger partial charge in [-0.1, -0.05) is 30.3 Å². The molecule has 2 unspecified atom stereocenters. The predicted molar refractivity (Wildman–Crippen MR) is 51.3 cm³/mol. The molecule has 1 aromatic carbocycles. The first-order valence-electron chi connectivity index (χ1n) is 4.31. The summed E-state index contributed by atoms with van der Waals surface area (Å²) in [4.78, 5) is 0. The molecule has 1 aromatic rings. The molecule has 13 heavy (non-hydrogen) atoms. The van der Waals surface area contributed by atoms with Crippen molar-refractivity contribution in [1.29, 1.82) is 0 Å². The first-order valence-corrected chi connectivity index (χ1v) is 4.31. The van der Waals surface area contributed by atoms with Gasteiger partial charge >= 0.3 is 0 Å². The maximum atomic E-state index is 9.63. The summed E-state index contributed by atoms with van der Waals surface area (Å²) >= 11 is 0. The second-order valence-corrected chi connectivity index (χ2v) is 2.98. The zero-order chi connectivity index (χ0) is 9.68. The Labute approximate surface area is 78.0 Å². The van der Waals surface area contributed by atoms with Gasteiger partial charge < -0.3 is 15.5 Å². The van der Waals surface area contributed by atoms with Crippen molar-refractivity contribution in [2.75, 3.05) is 13.6 Å². The molecule has 3 N–H and O–H groups in total. The van der Waals surface area contributed by atoms with Crippen LogP contribution in [-0.2, 0) is 0 Å². The monoisotopic (exact) mass is 181 g/mol. The molecular weight excluding hydrogens is 166 g/mol. The number of benzene rings is 1. The maximum Gasteiger partial charge on any atom is 0.106 e. The van der Waals surface area contributed by atoms with Crippen molar-refractivity contribution in [2.24, 2.45) is 0 Å². The summed E-state index contributed by atoms with van der Waals surface area (Å²) < 4.78 is 0. The number of likely N-dealkylation sites (N-methyl/N-ethyl adjacent to an activating group) is 1. The lowest BCUT2D eigenvalue weighted by Crippen LogP contribution is -2.29. The molecule has 2 atom stereocenters. The van der Waals surface area contributed by atoms with Crippen LogP contribution in [-0.4, -0.2) is 29.9 Å². The van der Waals surface area contributed by atoms with Gasteiger partial charge in [0.05, 0.1) is 6.10 Å². The zero-order valence-corrected chi connectivity index (χ0v) is 7.64. The van der Waals surface area contributed by atoms with Crippen molar-refractivity contribution in [3.63, 3.8) is 0 Å². The van der Waals surface area contributed by atoms with E-state index >= 15 is 0 Å². The van der Waals surface area contributed by atoms with E-state index in [1.165, 1.54) is 0 Å². The van der Waals surface area contributed by atoms with E-state index in [9.17, 15) is 10.2 Å². The molecule has 0 bridgehead atoms. The van der Waals surface area contributed by atoms with Crippen LogP contribution >= 0.6 is 0 Å². The van der Waals surface area contributed by atoms with Crippen LogP contribution in [0.2, 0.25) is 0 Å². The lowest BCUT2D eigenvalue weighted by atomic mass is 10.0. The minimum atomic E-state index is -0.811. The van der Waals surface area contributed by atoms with Crippen molar-refractivity contribution in [3.8, 4) is 0 Å². The molecule has 0 spiro atoms. The van der Waals surface area contributed by atoms with Gasteiger partial charge in [-0.25, -0.2) is 0 Å². The average molecular weight is 181 g/mol. The quantitative estimate of drug-likeness (QED) is 0.626. The fourth-order valence-electron chi connectivity index (χ4n) is 1.19. The Morgan fingerprint density at radius 2 is 1.85 bits per heavy atom. The lowest BCUT2D eigenvalue weighted by molar-refractivity contribution is 0.0202. The van der Waals surface area contributed by atoms with Crippen LogP contribution in [0.1, 0.15) is 11.7 Å². The van der Waals surface area contributed by atoms with E-state index in [0.717, 1.165) is 5.56 Å². The molecule has 0 aliphatic carbocycles. The number of aliphatic hydroxyl groups is 2. The molecule has 3 heteroatoms. The van der Waals surface area contributed by atoms with Crippen molar-refractivity contribution >= 4 is 0 Å². The third kappa shape index (κ3) is 2.81.